The Morgan fingerprint density at radius 3 is 2.66 bits per heavy atom. The third-order valence-electron chi connectivity index (χ3n) is 6.90. The first kappa shape index (κ1) is 20.9. The van der Waals surface area contributed by atoms with Gasteiger partial charge in [-0.3, -0.25) is 9.59 Å². The fourth-order valence-electron chi connectivity index (χ4n) is 5.13. The predicted molar refractivity (Wildman–Crippen MR) is 118 cm³/mol. The molecule has 3 aliphatic heterocycles. The number of amides is 2. The van der Waals surface area contributed by atoms with Gasteiger partial charge in [0.1, 0.15) is 0 Å². The van der Waals surface area contributed by atoms with Gasteiger partial charge in [0.2, 0.25) is 17.8 Å². The number of rotatable bonds is 4. The summed E-state index contributed by atoms with van der Waals surface area (Å²) >= 11 is 0. The van der Waals surface area contributed by atoms with E-state index in [1.807, 2.05) is 24.1 Å². The van der Waals surface area contributed by atoms with Crippen molar-refractivity contribution in [1.29, 1.82) is 0 Å². The molecule has 5 heterocycles. The third-order valence-corrected chi connectivity index (χ3v) is 6.90. The highest BCUT2D eigenvalue weighted by molar-refractivity contribution is 5.89. The molecule has 2 atom stereocenters. The molecule has 0 bridgehead atoms. The molecule has 0 N–H and O–H groups in total. The quantitative estimate of drug-likeness (QED) is 0.722. The number of hydrogen-bond donors (Lipinski definition) is 0. The number of aryl methyl sites for hydroxylation is 1. The number of anilines is 1. The van der Waals surface area contributed by atoms with Gasteiger partial charge in [-0.05, 0) is 32.6 Å². The number of hydrogen-bond acceptors (Lipinski definition) is 7. The molecule has 170 valence electrons. The summed E-state index contributed by atoms with van der Waals surface area (Å²) in [4.78, 5) is 40.6. The molecule has 9 nitrogen and oxygen atoms in total. The highest BCUT2D eigenvalue weighted by Gasteiger charge is 2.37. The summed E-state index contributed by atoms with van der Waals surface area (Å²) in [6.07, 6.45) is 6.33. The van der Waals surface area contributed by atoms with Gasteiger partial charge < -0.3 is 19.2 Å². The number of piperidine rings is 1. The maximum Gasteiger partial charge on any atom is 0.228 e. The van der Waals surface area contributed by atoms with Gasteiger partial charge >= 0.3 is 0 Å². The number of carbonyl (C=O) groups excluding carboxylic acids is 2. The second kappa shape index (κ2) is 8.52. The molecule has 3 aliphatic rings. The van der Waals surface area contributed by atoms with Crippen LogP contribution < -0.4 is 4.90 Å². The lowest BCUT2D eigenvalue weighted by Crippen LogP contribution is -2.43. The van der Waals surface area contributed by atoms with Crippen LogP contribution in [0.15, 0.2) is 16.8 Å². The summed E-state index contributed by atoms with van der Waals surface area (Å²) in [6, 6.07) is 1.91. The summed E-state index contributed by atoms with van der Waals surface area (Å²) in [5, 5.41) is 4.05. The Bertz CT molecular complexity index is 1010. The van der Waals surface area contributed by atoms with Crippen LogP contribution in [0.3, 0.4) is 0 Å². The Hall–Kier alpha value is -2.97. The molecule has 0 unspecified atom stereocenters. The Morgan fingerprint density at radius 1 is 1.16 bits per heavy atom. The molecule has 2 amide bonds. The average molecular weight is 439 g/mol. The van der Waals surface area contributed by atoms with Crippen LogP contribution in [0.4, 0.5) is 5.95 Å². The van der Waals surface area contributed by atoms with Crippen LogP contribution in [0, 0.1) is 12.8 Å². The molecular weight excluding hydrogens is 408 g/mol. The highest BCUT2D eigenvalue weighted by Crippen LogP contribution is 2.35. The van der Waals surface area contributed by atoms with Crippen molar-refractivity contribution in [1.82, 2.24) is 24.9 Å². The fourth-order valence-corrected chi connectivity index (χ4v) is 5.13. The van der Waals surface area contributed by atoms with Crippen molar-refractivity contribution in [3.63, 3.8) is 0 Å². The molecule has 3 saturated heterocycles. The third kappa shape index (κ3) is 3.96. The topological polar surface area (TPSA) is 95.7 Å². The van der Waals surface area contributed by atoms with Crippen molar-refractivity contribution < 1.29 is 14.1 Å². The van der Waals surface area contributed by atoms with Crippen LogP contribution in [0.25, 0.3) is 11.3 Å². The summed E-state index contributed by atoms with van der Waals surface area (Å²) in [6.45, 7) is 5.67. The monoisotopic (exact) mass is 438 g/mol. The van der Waals surface area contributed by atoms with Crippen molar-refractivity contribution in [3.05, 3.63) is 23.7 Å². The number of aromatic nitrogens is 3. The SMILES string of the molecule is Cc1cc(-c2cnc(N3CCCC3)nc2[C@H]2CCCN(C(=O)[C@@H]3CC(=O)N(C)C3)C2)on1. The lowest BCUT2D eigenvalue weighted by atomic mass is 9.90. The molecule has 0 saturated carbocycles. The van der Waals surface area contributed by atoms with Gasteiger partial charge in [-0.2, -0.15) is 0 Å². The normalized spacial score (nSPS) is 23.9. The van der Waals surface area contributed by atoms with Crippen LogP contribution in [0.1, 0.15) is 49.4 Å². The van der Waals surface area contributed by atoms with Crippen molar-refractivity contribution >= 4 is 17.8 Å². The van der Waals surface area contributed by atoms with Gasteiger partial charge in [-0.15, -0.1) is 0 Å². The summed E-state index contributed by atoms with van der Waals surface area (Å²) in [7, 11) is 1.76. The standard InChI is InChI=1S/C23H30N6O3/c1-15-10-19(32-26-15)18-12-24-23(28-7-3-4-8-28)25-21(18)16-6-5-9-29(14-16)22(31)17-11-20(30)27(2)13-17/h10,12,16-17H,3-9,11,13-14H2,1-2H3/t16-,17+/m0/s1. The van der Waals surface area contributed by atoms with Crippen molar-refractivity contribution in [2.45, 2.75) is 44.9 Å². The molecule has 0 spiro atoms. The smallest absolute Gasteiger partial charge is 0.228 e. The van der Waals surface area contributed by atoms with Crippen LogP contribution in [-0.4, -0.2) is 76.5 Å². The zero-order valence-electron chi connectivity index (χ0n) is 18.8. The zero-order valence-corrected chi connectivity index (χ0v) is 18.8. The molecule has 9 heteroatoms. The molecule has 32 heavy (non-hydrogen) atoms. The van der Waals surface area contributed by atoms with Gasteiger partial charge in [0.25, 0.3) is 0 Å². The van der Waals surface area contributed by atoms with E-state index < -0.39 is 0 Å². The maximum absolute atomic E-state index is 13.2. The van der Waals surface area contributed by atoms with E-state index in [2.05, 4.69) is 15.0 Å². The van der Waals surface area contributed by atoms with Gasteiger partial charge in [-0.25, -0.2) is 9.97 Å². The first-order valence-electron chi connectivity index (χ1n) is 11.6. The summed E-state index contributed by atoms with van der Waals surface area (Å²) in [5.41, 5.74) is 2.59. The number of carbonyl (C=O) groups is 2. The average Bonchev–Trinajstić information content (AvgIpc) is 3.56. The van der Waals surface area contributed by atoms with E-state index in [1.165, 1.54) is 0 Å². The number of likely N-dealkylation sites (tertiary alicyclic amines) is 2. The van der Waals surface area contributed by atoms with E-state index in [0.717, 1.165) is 68.2 Å². The minimum atomic E-state index is -0.242. The minimum absolute atomic E-state index is 0.0472. The summed E-state index contributed by atoms with van der Waals surface area (Å²) < 4.78 is 5.56. The lowest BCUT2D eigenvalue weighted by Gasteiger charge is -2.34. The fraction of sp³-hybridized carbons (Fsp3) is 0.609. The molecule has 3 fully saturated rings. The molecule has 0 radical (unpaired) electrons. The van der Waals surface area contributed by atoms with E-state index in [9.17, 15) is 9.59 Å². The minimum Gasteiger partial charge on any atom is -0.356 e. The van der Waals surface area contributed by atoms with E-state index in [-0.39, 0.29) is 23.7 Å². The molecular formula is C23H30N6O3. The molecule has 5 rings (SSSR count). The van der Waals surface area contributed by atoms with Gasteiger partial charge in [-0.1, -0.05) is 5.16 Å². The second-order valence-electron chi connectivity index (χ2n) is 9.29. The van der Waals surface area contributed by atoms with Gasteiger partial charge in [0, 0.05) is 64.4 Å². The highest BCUT2D eigenvalue weighted by atomic mass is 16.5. The van der Waals surface area contributed by atoms with E-state index in [1.54, 1.807) is 11.9 Å². The van der Waals surface area contributed by atoms with Crippen LogP contribution >= 0.6 is 0 Å². The summed E-state index contributed by atoms with van der Waals surface area (Å²) in [5.74, 6) is 1.39. The predicted octanol–water partition coefficient (Wildman–Crippen LogP) is 2.22. The van der Waals surface area contributed by atoms with Crippen molar-refractivity contribution in [2.75, 3.05) is 44.7 Å². The number of nitrogens with zero attached hydrogens (tertiary/aromatic N) is 6. The van der Waals surface area contributed by atoms with Crippen LogP contribution in [-0.2, 0) is 9.59 Å². The second-order valence-corrected chi connectivity index (χ2v) is 9.29. The van der Waals surface area contributed by atoms with E-state index >= 15 is 0 Å². The van der Waals surface area contributed by atoms with Gasteiger partial charge in [0.15, 0.2) is 5.76 Å². The first-order chi connectivity index (χ1) is 15.5. The Kier molecular flexibility index (Phi) is 5.57. The van der Waals surface area contributed by atoms with Crippen molar-refractivity contribution in [3.8, 4) is 11.3 Å². The van der Waals surface area contributed by atoms with Gasteiger partial charge in [0.05, 0.1) is 22.9 Å². The maximum atomic E-state index is 13.2. The first-order valence-corrected chi connectivity index (χ1v) is 11.6. The van der Waals surface area contributed by atoms with Crippen LogP contribution in [0.5, 0.6) is 0 Å². The molecule has 2 aromatic heterocycles. The van der Waals surface area contributed by atoms with Crippen molar-refractivity contribution in [2.24, 2.45) is 5.92 Å². The Balaban J connectivity index is 1.43. The van der Waals surface area contributed by atoms with Crippen LogP contribution in [0.2, 0.25) is 0 Å². The Labute approximate surface area is 187 Å². The molecule has 2 aromatic rings. The molecule has 0 aliphatic carbocycles. The van der Waals surface area contributed by atoms with E-state index in [4.69, 9.17) is 9.51 Å². The zero-order chi connectivity index (χ0) is 22.2. The molecule has 0 aromatic carbocycles. The lowest BCUT2D eigenvalue weighted by molar-refractivity contribution is -0.137. The Morgan fingerprint density at radius 2 is 1.97 bits per heavy atom. The van der Waals surface area contributed by atoms with E-state index in [0.29, 0.717) is 25.3 Å². The largest absolute Gasteiger partial charge is 0.356 e.